The van der Waals surface area contributed by atoms with Crippen LogP contribution in [0.1, 0.15) is 113 Å². The Hall–Kier alpha value is -0.700. The predicted molar refractivity (Wildman–Crippen MR) is 146 cm³/mol. The zero-order valence-corrected chi connectivity index (χ0v) is 25.4. The SMILES string of the molecule is CC(C)[C@@H]1CCC2(C(=O)O)CC[C@]3(C)C(CCC4[C@@]5(C)CCC(OS(=O)(=O)ON)C(C)(C)C5CC[C@]43C)C12. The molecule has 7 nitrogen and oxygen atoms in total. The van der Waals surface area contributed by atoms with Crippen LogP contribution < -0.4 is 5.90 Å². The minimum atomic E-state index is -4.21. The molecule has 0 radical (unpaired) electrons. The van der Waals surface area contributed by atoms with Crippen molar-refractivity contribution in [1.82, 2.24) is 0 Å². The molecule has 5 aliphatic carbocycles. The van der Waals surface area contributed by atoms with Gasteiger partial charge < -0.3 is 5.11 Å². The second kappa shape index (κ2) is 8.90. The van der Waals surface area contributed by atoms with Crippen molar-refractivity contribution in [2.45, 2.75) is 119 Å². The Balaban J connectivity index is 1.50. The highest BCUT2D eigenvalue weighted by atomic mass is 32.3. The third-order valence-corrected chi connectivity index (χ3v) is 14.8. The van der Waals surface area contributed by atoms with Gasteiger partial charge in [-0.1, -0.05) is 48.5 Å². The van der Waals surface area contributed by atoms with Gasteiger partial charge in [-0.3, -0.25) is 4.79 Å². The maximum absolute atomic E-state index is 12.9. The van der Waals surface area contributed by atoms with Crippen LogP contribution in [0.15, 0.2) is 0 Å². The smallest absolute Gasteiger partial charge is 0.416 e. The molecule has 8 heteroatoms. The first-order valence-electron chi connectivity index (χ1n) is 15.1. The van der Waals surface area contributed by atoms with Crippen molar-refractivity contribution in [3.63, 3.8) is 0 Å². The highest BCUT2D eigenvalue weighted by molar-refractivity contribution is 7.81. The van der Waals surface area contributed by atoms with E-state index in [-0.39, 0.29) is 27.6 Å². The van der Waals surface area contributed by atoms with Crippen molar-refractivity contribution < 1.29 is 26.8 Å². The van der Waals surface area contributed by atoms with Gasteiger partial charge in [0, 0.05) is 0 Å². The predicted octanol–water partition coefficient (Wildman–Crippen LogP) is 6.33. The van der Waals surface area contributed by atoms with Crippen molar-refractivity contribution in [2.24, 2.45) is 68.5 Å². The van der Waals surface area contributed by atoms with E-state index >= 15 is 0 Å². The molecule has 0 aromatic heterocycles. The van der Waals surface area contributed by atoms with Crippen molar-refractivity contribution in [3.05, 3.63) is 0 Å². The summed E-state index contributed by atoms with van der Waals surface area (Å²) in [5.41, 5.74) is -0.564. The highest BCUT2D eigenvalue weighted by Crippen LogP contribution is 2.77. The third kappa shape index (κ3) is 3.68. The lowest BCUT2D eigenvalue weighted by atomic mass is 9.32. The maximum atomic E-state index is 12.9. The number of carbonyl (C=O) groups is 1. The van der Waals surface area contributed by atoms with E-state index in [9.17, 15) is 18.3 Å². The van der Waals surface area contributed by atoms with Gasteiger partial charge in [0.2, 0.25) is 0 Å². The molecule has 10 atom stereocenters. The molecule has 0 saturated heterocycles. The molecular weight excluding hydrogens is 502 g/mol. The average Bonchev–Trinajstić information content (AvgIpc) is 3.23. The number of nitrogens with two attached hydrogens (primary N) is 1. The Kier molecular flexibility index (Phi) is 6.75. The van der Waals surface area contributed by atoms with E-state index in [1.54, 1.807) is 0 Å². The second-order valence-corrected chi connectivity index (χ2v) is 16.8. The molecule has 218 valence electrons. The minimum Gasteiger partial charge on any atom is -0.481 e. The lowest BCUT2D eigenvalue weighted by molar-refractivity contribution is -0.248. The van der Waals surface area contributed by atoms with E-state index in [4.69, 9.17) is 10.1 Å². The summed E-state index contributed by atoms with van der Waals surface area (Å²) in [5, 5.41) is 10.6. The number of carboxylic acids is 1. The summed E-state index contributed by atoms with van der Waals surface area (Å²) in [6.07, 6.45) is 9.19. The molecule has 0 aliphatic heterocycles. The fourth-order valence-electron chi connectivity index (χ4n) is 12.1. The van der Waals surface area contributed by atoms with Crippen LogP contribution in [0, 0.1) is 62.6 Å². The van der Waals surface area contributed by atoms with Crippen LogP contribution in [0.3, 0.4) is 0 Å². The summed E-state index contributed by atoms with van der Waals surface area (Å²) >= 11 is 0. The Morgan fingerprint density at radius 3 is 2.16 bits per heavy atom. The standard InChI is InChI=1S/C30H51NO6S/c1-18(2)19-10-15-30(25(32)33)17-16-28(6)20(24(19)30)8-9-22-27(5)13-12-23(36-38(34,35)37-31)26(3,4)21(27)11-14-29(22,28)7/h18-24H,8-17,31H2,1-7H3,(H,32,33)/t19-,20?,21?,22?,23?,24?,27-,28+,29+,30?/m0/s1. The van der Waals surface area contributed by atoms with Gasteiger partial charge in [0.15, 0.2) is 0 Å². The largest absolute Gasteiger partial charge is 0.481 e. The monoisotopic (exact) mass is 553 g/mol. The Morgan fingerprint density at radius 2 is 1.55 bits per heavy atom. The Labute approximate surface area is 230 Å². The minimum absolute atomic E-state index is 0.0755. The Morgan fingerprint density at radius 1 is 0.868 bits per heavy atom. The van der Waals surface area contributed by atoms with Crippen LogP contribution >= 0.6 is 0 Å². The van der Waals surface area contributed by atoms with Crippen LogP contribution in [0.4, 0.5) is 0 Å². The van der Waals surface area contributed by atoms with Crippen LogP contribution in [-0.4, -0.2) is 25.6 Å². The van der Waals surface area contributed by atoms with Gasteiger partial charge in [-0.05, 0) is 121 Å². The van der Waals surface area contributed by atoms with Crippen molar-refractivity contribution in [1.29, 1.82) is 0 Å². The molecule has 0 aromatic rings. The summed E-state index contributed by atoms with van der Waals surface area (Å²) < 4.78 is 33.9. The van der Waals surface area contributed by atoms with E-state index in [1.165, 1.54) is 0 Å². The van der Waals surface area contributed by atoms with E-state index in [2.05, 4.69) is 52.7 Å². The molecule has 0 heterocycles. The van der Waals surface area contributed by atoms with Crippen molar-refractivity contribution >= 4 is 16.4 Å². The number of hydrogen-bond donors (Lipinski definition) is 2. The number of hydrogen-bond acceptors (Lipinski definition) is 6. The topological polar surface area (TPSA) is 116 Å². The molecule has 0 amide bonds. The number of fused-ring (bicyclic) bond motifs is 7. The maximum Gasteiger partial charge on any atom is 0.416 e. The molecule has 0 spiro atoms. The third-order valence-electron chi connectivity index (χ3n) is 14.1. The fourth-order valence-corrected chi connectivity index (χ4v) is 12.7. The molecule has 0 aromatic carbocycles. The fraction of sp³-hybridized carbons (Fsp3) is 0.967. The summed E-state index contributed by atoms with van der Waals surface area (Å²) in [6, 6.07) is 0. The van der Waals surface area contributed by atoms with Gasteiger partial charge in [-0.15, -0.1) is 0 Å². The van der Waals surface area contributed by atoms with Crippen LogP contribution in [0.25, 0.3) is 0 Å². The molecule has 5 rings (SSSR count). The average molecular weight is 554 g/mol. The van der Waals surface area contributed by atoms with Gasteiger partial charge in [0.1, 0.15) is 0 Å². The summed E-state index contributed by atoms with van der Waals surface area (Å²) in [7, 11) is -4.21. The lowest BCUT2D eigenvalue weighted by Gasteiger charge is -2.72. The van der Waals surface area contributed by atoms with E-state index in [1.807, 2.05) is 0 Å². The first-order chi connectivity index (χ1) is 17.5. The number of rotatable bonds is 5. The van der Waals surface area contributed by atoms with Crippen LogP contribution in [0.2, 0.25) is 0 Å². The zero-order valence-electron chi connectivity index (χ0n) is 24.6. The molecular formula is C30H51NO6S. The van der Waals surface area contributed by atoms with Crippen molar-refractivity contribution in [3.8, 4) is 0 Å². The first kappa shape index (κ1) is 28.8. The molecule has 5 fully saturated rings. The van der Waals surface area contributed by atoms with Gasteiger partial charge in [0.25, 0.3) is 0 Å². The molecule has 6 unspecified atom stereocenters. The lowest BCUT2D eigenvalue weighted by Crippen LogP contribution is -2.67. The summed E-state index contributed by atoms with van der Waals surface area (Å²) in [5.74, 6) is 7.01. The van der Waals surface area contributed by atoms with E-state index in [0.717, 1.165) is 57.8 Å². The van der Waals surface area contributed by atoms with Gasteiger partial charge >= 0.3 is 16.4 Å². The zero-order chi connectivity index (χ0) is 28.1. The van der Waals surface area contributed by atoms with E-state index < -0.39 is 27.9 Å². The van der Waals surface area contributed by atoms with E-state index in [0.29, 0.717) is 36.0 Å². The van der Waals surface area contributed by atoms with Crippen molar-refractivity contribution in [2.75, 3.05) is 0 Å². The van der Waals surface area contributed by atoms with Gasteiger partial charge in [-0.25, -0.2) is 4.18 Å². The molecule has 38 heavy (non-hydrogen) atoms. The number of carboxylic acid groups (broad SMARTS) is 1. The summed E-state index contributed by atoms with van der Waals surface area (Å²) in [4.78, 5) is 12.9. The molecule has 5 saturated carbocycles. The van der Waals surface area contributed by atoms with Gasteiger partial charge in [-0.2, -0.15) is 18.6 Å². The highest BCUT2D eigenvalue weighted by Gasteiger charge is 2.72. The van der Waals surface area contributed by atoms with Crippen LogP contribution in [0.5, 0.6) is 0 Å². The second-order valence-electron chi connectivity index (χ2n) is 15.6. The Bertz CT molecular complexity index is 1070. The number of aliphatic carboxylic acids is 1. The first-order valence-corrected chi connectivity index (χ1v) is 16.4. The molecule has 3 N–H and O–H groups in total. The summed E-state index contributed by atoms with van der Waals surface area (Å²) in [6.45, 7) is 16.5. The normalized spacial score (nSPS) is 50.0. The van der Waals surface area contributed by atoms with Gasteiger partial charge in [0.05, 0.1) is 11.5 Å². The molecule has 5 aliphatic rings. The quantitative estimate of drug-likeness (QED) is 0.382. The van der Waals surface area contributed by atoms with Crippen LogP contribution in [-0.2, 0) is 23.7 Å². The molecule has 0 bridgehead atoms.